The second-order valence-electron chi connectivity index (χ2n) is 6.74. The summed E-state index contributed by atoms with van der Waals surface area (Å²) in [5.41, 5.74) is 4.00. The highest BCUT2D eigenvalue weighted by Crippen LogP contribution is 2.37. The van der Waals surface area contributed by atoms with Crippen molar-refractivity contribution in [1.82, 2.24) is 5.32 Å². The van der Waals surface area contributed by atoms with Gasteiger partial charge in [0.05, 0.1) is 11.4 Å². The molecule has 0 spiro atoms. The number of hydrogen-bond acceptors (Lipinski definition) is 5. The summed E-state index contributed by atoms with van der Waals surface area (Å²) in [6.07, 6.45) is 4.83. The van der Waals surface area contributed by atoms with Crippen molar-refractivity contribution in [3.63, 3.8) is 0 Å². The van der Waals surface area contributed by atoms with Gasteiger partial charge >= 0.3 is 0 Å². The van der Waals surface area contributed by atoms with E-state index < -0.39 is 0 Å². The Morgan fingerprint density at radius 3 is 2.70 bits per heavy atom. The lowest BCUT2D eigenvalue weighted by molar-refractivity contribution is -0.120. The van der Waals surface area contributed by atoms with Crippen molar-refractivity contribution in [1.29, 1.82) is 0 Å². The van der Waals surface area contributed by atoms with E-state index in [1.165, 1.54) is 0 Å². The Hall–Kier alpha value is -2.34. The number of hydrogen-bond donors (Lipinski definition) is 2. The average Bonchev–Trinajstić information content (AvgIpc) is 3.54. The Morgan fingerprint density at radius 1 is 1.37 bits per heavy atom. The van der Waals surface area contributed by atoms with Crippen molar-refractivity contribution >= 4 is 35.0 Å². The predicted octanol–water partition coefficient (Wildman–Crippen LogP) is 3.72. The number of nitrogens with one attached hydrogen (secondary N) is 2. The first-order valence-electron chi connectivity index (χ1n) is 9.16. The van der Waals surface area contributed by atoms with Crippen molar-refractivity contribution in [2.24, 2.45) is 10.9 Å². The Labute approximate surface area is 164 Å². The molecule has 1 heterocycles. The highest BCUT2D eigenvalue weighted by Gasteiger charge is 2.32. The first-order chi connectivity index (χ1) is 13.0. The number of benzene rings is 1. The van der Waals surface area contributed by atoms with Crippen LogP contribution in [0, 0.1) is 5.92 Å². The maximum Gasteiger partial charge on any atom is 0.228 e. The minimum Gasteiger partial charge on any atom is -0.353 e. The van der Waals surface area contributed by atoms with Gasteiger partial charge in [0, 0.05) is 41.8 Å². The average molecular weight is 384 g/mol. The predicted molar refractivity (Wildman–Crippen MR) is 111 cm³/mol. The molecule has 2 N–H and O–H groups in total. The van der Waals surface area contributed by atoms with Gasteiger partial charge in [-0.1, -0.05) is 25.6 Å². The molecule has 1 amide bonds. The van der Waals surface area contributed by atoms with E-state index in [-0.39, 0.29) is 17.6 Å². The molecule has 1 aromatic rings. The van der Waals surface area contributed by atoms with E-state index in [0.717, 1.165) is 34.6 Å². The summed E-state index contributed by atoms with van der Waals surface area (Å²) < 4.78 is 0. The van der Waals surface area contributed by atoms with Crippen molar-refractivity contribution in [2.75, 3.05) is 18.6 Å². The van der Waals surface area contributed by atoms with Gasteiger partial charge in [-0.2, -0.15) is 0 Å². The number of allylic oxidation sites excluding steroid dienone is 1. The van der Waals surface area contributed by atoms with Gasteiger partial charge in [0.15, 0.2) is 5.78 Å². The number of carbonyl (C=O) groups is 2. The lowest BCUT2D eigenvalue weighted by atomic mass is 9.92. The van der Waals surface area contributed by atoms with Crippen LogP contribution >= 0.6 is 11.8 Å². The normalized spacial score (nSPS) is 16.5. The number of carbonyl (C=O) groups excluding carboxylic acids is 2. The van der Waals surface area contributed by atoms with Crippen molar-refractivity contribution in [2.45, 2.75) is 37.5 Å². The molecule has 1 aliphatic heterocycles. The smallest absolute Gasteiger partial charge is 0.228 e. The number of nitrogens with zero attached hydrogens (tertiary/aromatic N) is 1. The quantitative estimate of drug-likeness (QED) is 0.340. The monoisotopic (exact) mass is 383 g/mol. The van der Waals surface area contributed by atoms with Crippen LogP contribution in [0.25, 0.3) is 0 Å². The minimum absolute atomic E-state index is 0.00135. The molecule has 1 aromatic carbocycles. The third-order valence-electron chi connectivity index (χ3n) is 4.91. The SMILES string of the molecule is C=C(C(=O)CC)C1=C(C(=NC)NC(=O)C2CC2)Cc2cccc(SC)c2N1. The fourth-order valence-electron chi connectivity index (χ4n) is 3.16. The number of Topliss-reactive ketones (excluding diaryl/α,β-unsaturated/α-hetero) is 1. The van der Waals surface area contributed by atoms with Gasteiger partial charge < -0.3 is 10.6 Å². The number of fused-ring (bicyclic) bond motifs is 1. The molecule has 1 fully saturated rings. The molecule has 0 aromatic heterocycles. The topological polar surface area (TPSA) is 70.6 Å². The van der Waals surface area contributed by atoms with Crippen LogP contribution in [0.3, 0.4) is 0 Å². The van der Waals surface area contributed by atoms with Gasteiger partial charge in [-0.25, -0.2) is 0 Å². The second kappa shape index (κ2) is 8.13. The summed E-state index contributed by atoms with van der Waals surface area (Å²) in [4.78, 5) is 30.1. The molecule has 0 radical (unpaired) electrons. The first kappa shape index (κ1) is 19.4. The molecule has 5 nitrogen and oxygen atoms in total. The van der Waals surface area contributed by atoms with Crippen LogP contribution in [-0.2, 0) is 16.0 Å². The Balaban J connectivity index is 2.03. The van der Waals surface area contributed by atoms with E-state index >= 15 is 0 Å². The number of anilines is 1. The van der Waals surface area contributed by atoms with Crippen LogP contribution in [0.5, 0.6) is 0 Å². The summed E-state index contributed by atoms with van der Waals surface area (Å²) in [7, 11) is 1.66. The number of para-hydroxylation sites is 1. The zero-order valence-corrected chi connectivity index (χ0v) is 16.8. The number of ketones is 1. The van der Waals surface area contributed by atoms with Crippen LogP contribution in [-0.4, -0.2) is 30.8 Å². The molecule has 0 bridgehead atoms. The van der Waals surface area contributed by atoms with Gasteiger partial charge in [-0.15, -0.1) is 11.8 Å². The molecule has 1 saturated carbocycles. The summed E-state index contributed by atoms with van der Waals surface area (Å²) in [6.45, 7) is 5.85. The number of aliphatic imine (C=N–C) groups is 1. The molecule has 2 aliphatic rings. The molecule has 142 valence electrons. The summed E-state index contributed by atoms with van der Waals surface area (Å²) >= 11 is 1.65. The van der Waals surface area contributed by atoms with E-state index in [2.05, 4.69) is 28.3 Å². The lowest BCUT2D eigenvalue weighted by Crippen LogP contribution is -2.36. The van der Waals surface area contributed by atoms with Crippen LogP contribution < -0.4 is 10.6 Å². The third-order valence-corrected chi connectivity index (χ3v) is 5.69. The minimum atomic E-state index is -0.0240. The molecule has 27 heavy (non-hydrogen) atoms. The third kappa shape index (κ3) is 4.00. The number of thioether (sulfide) groups is 1. The van der Waals surface area contributed by atoms with E-state index in [4.69, 9.17) is 0 Å². The lowest BCUT2D eigenvalue weighted by Gasteiger charge is -2.28. The summed E-state index contributed by atoms with van der Waals surface area (Å²) in [5, 5.41) is 6.38. The van der Waals surface area contributed by atoms with Crippen LogP contribution in [0.1, 0.15) is 31.7 Å². The van der Waals surface area contributed by atoms with Gasteiger partial charge in [-0.3, -0.25) is 14.6 Å². The van der Waals surface area contributed by atoms with E-state index in [0.29, 0.717) is 29.9 Å². The highest BCUT2D eigenvalue weighted by atomic mass is 32.2. The molecule has 3 rings (SSSR count). The van der Waals surface area contributed by atoms with Crippen molar-refractivity contribution in [3.8, 4) is 0 Å². The van der Waals surface area contributed by atoms with Crippen LogP contribution in [0.15, 0.2) is 51.5 Å². The second-order valence-corrected chi connectivity index (χ2v) is 7.59. The van der Waals surface area contributed by atoms with Crippen molar-refractivity contribution < 1.29 is 9.59 Å². The fourth-order valence-corrected chi connectivity index (χ4v) is 3.76. The molecular formula is C21H25N3O2S. The van der Waals surface area contributed by atoms with Gasteiger partial charge in [0.1, 0.15) is 5.84 Å². The van der Waals surface area contributed by atoms with E-state index in [1.54, 1.807) is 18.8 Å². The molecule has 0 atom stereocenters. The summed E-state index contributed by atoms with van der Waals surface area (Å²) in [5.74, 6) is 0.570. The standard InChI is InChI=1S/C21H25N3O2S/c1-5-16(25)12(2)18-15(20(22-3)24-21(26)13-9-10-13)11-14-7-6-8-17(27-4)19(14)23-18/h6-8,13,23H,2,5,9-11H2,1,3-4H3,(H,22,24,26). The number of amidine groups is 1. The van der Waals surface area contributed by atoms with Crippen LogP contribution in [0.4, 0.5) is 5.69 Å². The summed E-state index contributed by atoms with van der Waals surface area (Å²) in [6, 6.07) is 6.12. The Kier molecular flexibility index (Phi) is 5.85. The van der Waals surface area contributed by atoms with Crippen molar-refractivity contribution in [3.05, 3.63) is 47.2 Å². The van der Waals surface area contributed by atoms with Gasteiger partial charge in [0.2, 0.25) is 5.91 Å². The zero-order chi connectivity index (χ0) is 19.6. The Bertz CT molecular complexity index is 866. The molecule has 0 unspecified atom stereocenters. The first-order valence-corrected chi connectivity index (χ1v) is 10.4. The number of rotatable bonds is 6. The van der Waals surface area contributed by atoms with E-state index in [9.17, 15) is 9.59 Å². The highest BCUT2D eigenvalue weighted by molar-refractivity contribution is 7.98. The molecule has 0 saturated heterocycles. The fraction of sp³-hybridized carbons (Fsp3) is 0.381. The largest absolute Gasteiger partial charge is 0.353 e. The van der Waals surface area contributed by atoms with E-state index in [1.807, 2.05) is 25.3 Å². The zero-order valence-electron chi connectivity index (χ0n) is 16.0. The maximum absolute atomic E-state index is 12.4. The molecule has 1 aliphatic carbocycles. The van der Waals surface area contributed by atoms with Crippen LogP contribution in [0.2, 0.25) is 0 Å². The molecular weight excluding hydrogens is 358 g/mol. The van der Waals surface area contributed by atoms with Gasteiger partial charge in [-0.05, 0) is 30.7 Å². The number of amides is 1. The van der Waals surface area contributed by atoms with Gasteiger partial charge in [0.25, 0.3) is 0 Å². The Morgan fingerprint density at radius 2 is 2.11 bits per heavy atom. The molecule has 6 heteroatoms. The maximum atomic E-state index is 12.4.